The number of para-hydroxylation sites is 2. The first-order valence-electron chi connectivity index (χ1n) is 7.51. The van der Waals surface area contributed by atoms with E-state index in [1.807, 2.05) is 36.4 Å². The highest BCUT2D eigenvalue weighted by atomic mass is 16.6. The molecule has 0 saturated carbocycles. The molecule has 2 heterocycles. The lowest BCUT2D eigenvalue weighted by Crippen LogP contribution is -2.21. The minimum Gasteiger partial charge on any atom is -0.494 e. The maximum atomic E-state index is 12.1. The number of ether oxygens (including phenoxy) is 2. The Labute approximate surface area is 137 Å². The molecular formula is C18H14N2O4. The number of fused-ring (bicyclic) bond motifs is 1. The fourth-order valence-electron chi connectivity index (χ4n) is 2.41. The lowest BCUT2D eigenvalue weighted by molar-refractivity contribution is -0.117. The molecular weight excluding hydrogens is 308 g/mol. The Morgan fingerprint density at radius 2 is 2.00 bits per heavy atom. The normalized spacial score (nSPS) is 13.8. The highest BCUT2D eigenvalue weighted by Gasteiger charge is 2.16. The van der Waals surface area contributed by atoms with Crippen LogP contribution < -0.4 is 5.32 Å². The van der Waals surface area contributed by atoms with E-state index in [0.717, 1.165) is 16.7 Å². The van der Waals surface area contributed by atoms with Crippen molar-refractivity contribution >= 4 is 22.7 Å². The van der Waals surface area contributed by atoms with Crippen LogP contribution in [0, 0.1) is 0 Å². The fraction of sp³-hybridized carbons (Fsp3) is 0.111. The summed E-state index contributed by atoms with van der Waals surface area (Å²) in [5.41, 5.74) is 2.91. The number of hydrogen-bond acceptors (Lipinski definition) is 5. The third-order valence-electron chi connectivity index (χ3n) is 3.53. The smallest absolute Gasteiger partial charge is 0.294 e. The van der Waals surface area contributed by atoms with Crippen molar-refractivity contribution < 1.29 is 18.7 Å². The van der Waals surface area contributed by atoms with Gasteiger partial charge in [-0.25, -0.2) is 4.98 Å². The summed E-state index contributed by atoms with van der Waals surface area (Å²) in [5.74, 6) is 0.307. The van der Waals surface area contributed by atoms with Crippen LogP contribution in [-0.4, -0.2) is 24.1 Å². The van der Waals surface area contributed by atoms with Crippen LogP contribution in [0.25, 0.3) is 22.6 Å². The van der Waals surface area contributed by atoms with Gasteiger partial charge >= 0.3 is 0 Å². The first kappa shape index (κ1) is 14.3. The van der Waals surface area contributed by atoms with Gasteiger partial charge in [-0.05, 0) is 30.3 Å². The number of benzene rings is 2. The number of carbonyl (C=O) groups is 1. The van der Waals surface area contributed by atoms with Crippen molar-refractivity contribution in [1.29, 1.82) is 0 Å². The predicted octanol–water partition coefficient (Wildman–Crippen LogP) is 3.32. The molecule has 120 valence electrons. The molecule has 6 heteroatoms. The number of nitrogens with zero attached hydrogens (tertiary/aromatic N) is 1. The zero-order chi connectivity index (χ0) is 16.4. The quantitative estimate of drug-likeness (QED) is 0.801. The Morgan fingerprint density at radius 3 is 2.83 bits per heavy atom. The first-order valence-corrected chi connectivity index (χ1v) is 7.51. The van der Waals surface area contributed by atoms with Gasteiger partial charge in [0.15, 0.2) is 5.58 Å². The number of rotatable bonds is 3. The van der Waals surface area contributed by atoms with Crippen LogP contribution in [0.2, 0.25) is 0 Å². The number of anilines is 1. The lowest BCUT2D eigenvalue weighted by Gasteiger charge is -2.15. The average molecular weight is 322 g/mol. The molecule has 0 radical (unpaired) electrons. The molecule has 1 aliphatic rings. The molecule has 0 saturated heterocycles. The van der Waals surface area contributed by atoms with E-state index in [9.17, 15) is 4.79 Å². The van der Waals surface area contributed by atoms with Crippen molar-refractivity contribution in [3.63, 3.8) is 0 Å². The average Bonchev–Trinajstić information content (AvgIpc) is 3.07. The van der Waals surface area contributed by atoms with E-state index in [2.05, 4.69) is 10.3 Å². The summed E-state index contributed by atoms with van der Waals surface area (Å²) >= 11 is 0. The van der Waals surface area contributed by atoms with Gasteiger partial charge in [-0.2, -0.15) is 0 Å². The van der Waals surface area contributed by atoms with Crippen LogP contribution in [0.1, 0.15) is 0 Å². The Balaban J connectivity index is 1.59. The number of oxazole rings is 1. The third-order valence-corrected chi connectivity index (χ3v) is 3.53. The molecule has 3 aromatic rings. The molecule has 0 bridgehead atoms. The van der Waals surface area contributed by atoms with E-state index in [-0.39, 0.29) is 11.7 Å². The van der Waals surface area contributed by atoms with Crippen molar-refractivity contribution in [3.8, 4) is 11.5 Å². The summed E-state index contributed by atoms with van der Waals surface area (Å²) in [4.78, 5) is 16.6. The van der Waals surface area contributed by atoms with Crippen molar-refractivity contribution in [2.75, 3.05) is 18.5 Å². The fourth-order valence-corrected chi connectivity index (χ4v) is 2.41. The minimum absolute atomic E-state index is 0.161. The monoisotopic (exact) mass is 322 g/mol. The van der Waals surface area contributed by atoms with Crippen molar-refractivity contribution in [1.82, 2.24) is 4.98 Å². The second kappa shape index (κ2) is 6.08. The molecule has 0 atom stereocenters. The number of nitrogens with one attached hydrogen (secondary N) is 1. The summed E-state index contributed by atoms with van der Waals surface area (Å²) in [6.07, 6.45) is 1.32. The Bertz CT molecular complexity index is 896. The second-order valence-electron chi connectivity index (χ2n) is 5.22. The topological polar surface area (TPSA) is 73.6 Å². The molecule has 4 rings (SSSR count). The van der Waals surface area contributed by atoms with E-state index in [0.29, 0.717) is 24.8 Å². The second-order valence-corrected chi connectivity index (χ2v) is 5.22. The maximum Gasteiger partial charge on any atom is 0.294 e. The molecule has 0 unspecified atom stereocenters. The molecule has 6 nitrogen and oxygen atoms in total. The molecule has 2 aromatic carbocycles. The van der Waals surface area contributed by atoms with Crippen LogP contribution in [0.15, 0.2) is 65.0 Å². The first-order chi connectivity index (χ1) is 11.8. The lowest BCUT2D eigenvalue weighted by atomic mass is 10.2. The van der Waals surface area contributed by atoms with Gasteiger partial charge in [0.1, 0.15) is 25.0 Å². The van der Waals surface area contributed by atoms with E-state index in [4.69, 9.17) is 13.9 Å². The van der Waals surface area contributed by atoms with Crippen LogP contribution in [0.3, 0.4) is 0 Å². The van der Waals surface area contributed by atoms with Crippen molar-refractivity contribution in [3.05, 3.63) is 60.6 Å². The van der Waals surface area contributed by atoms with Crippen LogP contribution in [-0.2, 0) is 14.3 Å². The number of hydrogen-bond donors (Lipinski definition) is 1. The van der Waals surface area contributed by atoms with Crippen LogP contribution in [0.4, 0.5) is 5.69 Å². The minimum atomic E-state index is -0.357. The number of aromatic nitrogens is 1. The van der Waals surface area contributed by atoms with Crippen LogP contribution >= 0.6 is 0 Å². The highest BCUT2D eigenvalue weighted by molar-refractivity contribution is 6.02. The summed E-state index contributed by atoms with van der Waals surface area (Å²) in [6.45, 7) is 0.812. The standard InChI is InChI=1S/C18H14N2O4/c21-17(16-11-22-8-9-23-16)19-13-5-3-4-12(10-13)18-20-14-6-1-2-7-15(14)24-18/h1-7,10-11H,8-9H2,(H,19,21). The third kappa shape index (κ3) is 2.81. The van der Waals surface area contributed by atoms with Gasteiger partial charge in [0.05, 0.1) is 0 Å². The van der Waals surface area contributed by atoms with Crippen LogP contribution in [0.5, 0.6) is 0 Å². The van der Waals surface area contributed by atoms with Gasteiger partial charge in [-0.1, -0.05) is 18.2 Å². The molecule has 0 aliphatic carbocycles. The van der Waals surface area contributed by atoms with Gasteiger partial charge < -0.3 is 19.2 Å². The van der Waals surface area contributed by atoms with Gasteiger partial charge in [0.25, 0.3) is 5.91 Å². The SMILES string of the molecule is O=C(Nc1cccc(-c2nc3ccccc3o2)c1)C1=COCCO1. The highest BCUT2D eigenvalue weighted by Crippen LogP contribution is 2.26. The van der Waals surface area contributed by atoms with Gasteiger partial charge in [-0.3, -0.25) is 4.79 Å². The molecule has 1 N–H and O–H groups in total. The van der Waals surface area contributed by atoms with E-state index < -0.39 is 0 Å². The summed E-state index contributed by atoms with van der Waals surface area (Å²) in [7, 11) is 0. The molecule has 1 amide bonds. The van der Waals surface area contributed by atoms with E-state index in [1.54, 1.807) is 12.1 Å². The predicted molar refractivity (Wildman–Crippen MR) is 88.1 cm³/mol. The van der Waals surface area contributed by atoms with Crippen molar-refractivity contribution in [2.45, 2.75) is 0 Å². The molecule has 1 aliphatic heterocycles. The molecule has 0 fully saturated rings. The Hall–Kier alpha value is -3.28. The van der Waals surface area contributed by atoms with E-state index in [1.165, 1.54) is 6.26 Å². The molecule has 24 heavy (non-hydrogen) atoms. The van der Waals surface area contributed by atoms with Gasteiger partial charge in [0.2, 0.25) is 11.6 Å². The van der Waals surface area contributed by atoms with Crippen molar-refractivity contribution in [2.24, 2.45) is 0 Å². The van der Waals surface area contributed by atoms with E-state index >= 15 is 0 Å². The summed E-state index contributed by atoms with van der Waals surface area (Å²) < 4.78 is 16.1. The number of amides is 1. The largest absolute Gasteiger partial charge is 0.494 e. The zero-order valence-corrected chi connectivity index (χ0v) is 12.7. The summed E-state index contributed by atoms with van der Waals surface area (Å²) in [5, 5.41) is 2.77. The summed E-state index contributed by atoms with van der Waals surface area (Å²) in [6, 6.07) is 14.8. The Kier molecular flexibility index (Phi) is 3.63. The van der Waals surface area contributed by atoms with Gasteiger partial charge in [-0.15, -0.1) is 0 Å². The number of carbonyl (C=O) groups excluding carboxylic acids is 1. The molecule has 1 aromatic heterocycles. The van der Waals surface area contributed by atoms with Gasteiger partial charge in [0, 0.05) is 11.3 Å². The molecule has 0 spiro atoms. The zero-order valence-electron chi connectivity index (χ0n) is 12.7. The Morgan fingerprint density at radius 1 is 1.08 bits per heavy atom. The maximum absolute atomic E-state index is 12.1.